The van der Waals surface area contributed by atoms with E-state index in [0.717, 1.165) is 18.4 Å². The second-order valence-corrected chi connectivity index (χ2v) is 6.53. The van der Waals surface area contributed by atoms with Gasteiger partial charge in [-0.2, -0.15) is 0 Å². The Morgan fingerprint density at radius 3 is 2.41 bits per heavy atom. The third-order valence-electron chi connectivity index (χ3n) is 3.92. The first-order valence-electron chi connectivity index (χ1n) is 6.98. The van der Waals surface area contributed by atoms with Crippen LogP contribution in [0.3, 0.4) is 0 Å². The van der Waals surface area contributed by atoms with Crippen LogP contribution in [0.25, 0.3) is 0 Å². The summed E-state index contributed by atoms with van der Waals surface area (Å²) in [6, 6.07) is 6.03. The van der Waals surface area contributed by atoms with Crippen molar-refractivity contribution >= 4 is 28.2 Å². The number of halogens is 1. The average Bonchev–Trinajstić information content (AvgIpc) is 3.19. The van der Waals surface area contributed by atoms with Crippen molar-refractivity contribution in [3.8, 4) is 0 Å². The molecule has 0 aliphatic heterocycles. The highest BCUT2D eigenvalue weighted by Crippen LogP contribution is 2.49. The predicted molar refractivity (Wildman–Crippen MR) is 82.8 cm³/mol. The number of nitrogens with zero attached hydrogens (tertiary/aromatic N) is 1. The molecule has 0 radical (unpaired) electrons. The van der Waals surface area contributed by atoms with E-state index in [9.17, 15) is 14.0 Å². The number of nitrogens with one attached hydrogen (secondary N) is 1. The molecule has 0 saturated heterocycles. The maximum absolute atomic E-state index is 13.0. The van der Waals surface area contributed by atoms with Crippen LogP contribution in [-0.2, 0) is 10.2 Å². The van der Waals surface area contributed by atoms with E-state index in [2.05, 4.69) is 10.3 Å². The molecule has 1 aliphatic rings. The fourth-order valence-corrected chi connectivity index (χ4v) is 3.39. The molecule has 3 rings (SSSR count). The number of anilines is 1. The molecule has 0 spiro atoms. The Balaban J connectivity index is 1.81. The molecule has 1 amide bonds. The molecular formula is C16H15FN2O2S. The lowest BCUT2D eigenvalue weighted by Gasteiger charge is -2.14. The van der Waals surface area contributed by atoms with Crippen LogP contribution in [0.15, 0.2) is 24.3 Å². The molecule has 2 aromatic rings. The van der Waals surface area contributed by atoms with Gasteiger partial charge in [0.2, 0.25) is 5.91 Å². The highest BCUT2D eigenvalue weighted by atomic mass is 32.1. The monoisotopic (exact) mass is 318 g/mol. The lowest BCUT2D eigenvalue weighted by atomic mass is 9.95. The van der Waals surface area contributed by atoms with E-state index in [1.807, 2.05) is 0 Å². The number of benzene rings is 1. The summed E-state index contributed by atoms with van der Waals surface area (Å²) < 4.78 is 13.0. The number of hydrogen-bond acceptors (Lipinski definition) is 4. The molecule has 0 bridgehead atoms. The molecule has 0 unspecified atom stereocenters. The summed E-state index contributed by atoms with van der Waals surface area (Å²) in [5.41, 5.74) is 0.842. The van der Waals surface area contributed by atoms with Gasteiger partial charge in [0, 0.05) is 6.92 Å². The van der Waals surface area contributed by atoms with Crippen LogP contribution in [0.1, 0.15) is 40.7 Å². The topological polar surface area (TPSA) is 59.1 Å². The molecule has 22 heavy (non-hydrogen) atoms. The standard InChI is InChI=1S/C16H15FN2O2S/c1-9-13(10(2)20)22-15(18-9)19-14(21)16(7-8-16)11-3-5-12(17)6-4-11/h3-6H,7-8H2,1-2H3,(H,18,19,21). The number of ketones is 1. The number of rotatable bonds is 4. The molecule has 1 aliphatic carbocycles. The summed E-state index contributed by atoms with van der Waals surface area (Å²) >= 11 is 1.18. The van der Waals surface area contributed by atoms with Crippen molar-refractivity contribution in [2.24, 2.45) is 0 Å². The number of aryl methyl sites for hydroxylation is 1. The van der Waals surface area contributed by atoms with Crippen molar-refractivity contribution in [2.75, 3.05) is 5.32 Å². The molecule has 1 aromatic heterocycles. The minimum atomic E-state index is -0.594. The van der Waals surface area contributed by atoms with E-state index in [1.54, 1.807) is 19.1 Å². The Kier molecular flexibility index (Phi) is 3.56. The molecule has 4 nitrogen and oxygen atoms in total. The zero-order chi connectivity index (χ0) is 15.9. The van der Waals surface area contributed by atoms with E-state index >= 15 is 0 Å². The van der Waals surface area contributed by atoms with Crippen LogP contribution in [0.4, 0.5) is 9.52 Å². The average molecular weight is 318 g/mol. The first kappa shape index (κ1) is 14.8. The fraction of sp³-hybridized carbons (Fsp3) is 0.312. The summed E-state index contributed by atoms with van der Waals surface area (Å²) in [5, 5.41) is 3.23. The van der Waals surface area contributed by atoms with Crippen molar-refractivity contribution in [1.82, 2.24) is 4.98 Å². The van der Waals surface area contributed by atoms with Crippen LogP contribution in [0, 0.1) is 12.7 Å². The van der Waals surface area contributed by atoms with Gasteiger partial charge in [-0.15, -0.1) is 0 Å². The SMILES string of the molecule is CC(=O)c1sc(NC(=O)C2(c3ccc(F)cc3)CC2)nc1C. The van der Waals surface area contributed by atoms with Gasteiger partial charge in [0.15, 0.2) is 10.9 Å². The molecule has 1 aromatic carbocycles. The maximum Gasteiger partial charge on any atom is 0.236 e. The Labute approximate surface area is 131 Å². The number of hydrogen-bond donors (Lipinski definition) is 1. The first-order valence-corrected chi connectivity index (χ1v) is 7.80. The van der Waals surface area contributed by atoms with Crippen molar-refractivity contribution in [3.05, 3.63) is 46.2 Å². The summed E-state index contributed by atoms with van der Waals surface area (Å²) in [6.07, 6.45) is 1.46. The van der Waals surface area contributed by atoms with E-state index in [4.69, 9.17) is 0 Å². The highest BCUT2D eigenvalue weighted by Gasteiger charge is 2.51. The first-order chi connectivity index (χ1) is 10.4. The number of carbonyl (C=O) groups excluding carboxylic acids is 2. The number of carbonyl (C=O) groups is 2. The molecule has 1 N–H and O–H groups in total. The predicted octanol–water partition coefficient (Wildman–Crippen LogP) is 3.46. The van der Waals surface area contributed by atoms with Crippen LogP contribution in [0.2, 0.25) is 0 Å². The van der Waals surface area contributed by atoms with Gasteiger partial charge in [0.05, 0.1) is 16.0 Å². The lowest BCUT2D eigenvalue weighted by Crippen LogP contribution is -2.27. The molecule has 1 heterocycles. The second kappa shape index (κ2) is 5.28. The number of amides is 1. The summed E-state index contributed by atoms with van der Waals surface area (Å²) in [7, 11) is 0. The van der Waals surface area contributed by atoms with Gasteiger partial charge < -0.3 is 5.32 Å². The molecule has 1 saturated carbocycles. The van der Waals surface area contributed by atoms with Gasteiger partial charge in [-0.05, 0) is 37.5 Å². The largest absolute Gasteiger partial charge is 0.301 e. The minimum Gasteiger partial charge on any atom is -0.301 e. The number of aromatic nitrogens is 1. The number of thiazole rings is 1. The fourth-order valence-electron chi connectivity index (χ4n) is 2.53. The summed E-state index contributed by atoms with van der Waals surface area (Å²) in [6.45, 7) is 3.22. The Bertz CT molecular complexity index is 748. The van der Waals surface area contributed by atoms with E-state index in [0.29, 0.717) is 15.7 Å². The van der Waals surface area contributed by atoms with Crippen molar-refractivity contribution in [1.29, 1.82) is 0 Å². The zero-order valence-electron chi connectivity index (χ0n) is 12.3. The Morgan fingerprint density at radius 2 is 1.91 bits per heavy atom. The molecule has 114 valence electrons. The molecule has 1 fully saturated rings. The summed E-state index contributed by atoms with van der Waals surface area (Å²) in [5.74, 6) is -0.528. The van der Waals surface area contributed by atoms with E-state index < -0.39 is 5.41 Å². The molecule has 0 atom stereocenters. The second-order valence-electron chi connectivity index (χ2n) is 5.53. The smallest absolute Gasteiger partial charge is 0.236 e. The van der Waals surface area contributed by atoms with Gasteiger partial charge in [-0.1, -0.05) is 23.5 Å². The molecule has 6 heteroatoms. The van der Waals surface area contributed by atoms with Crippen LogP contribution < -0.4 is 5.32 Å². The quantitative estimate of drug-likeness (QED) is 0.878. The highest BCUT2D eigenvalue weighted by molar-refractivity contribution is 7.17. The Hall–Kier alpha value is -2.08. The third kappa shape index (κ3) is 2.54. The van der Waals surface area contributed by atoms with E-state index in [-0.39, 0.29) is 17.5 Å². The zero-order valence-corrected chi connectivity index (χ0v) is 13.1. The normalized spacial score (nSPS) is 15.4. The Morgan fingerprint density at radius 1 is 1.27 bits per heavy atom. The van der Waals surface area contributed by atoms with Gasteiger partial charge in [0.1, 0.15) is 5.82 Å². The minimum absolute atomic E-state index is 0.0600. The van der Waals surface area contributed by atoms with E-state index in [1.165, 1.54) is 30.4 Å². The van der Waals surface area contributed by atoms with Crippen molar-refractivity contribution < 1.29 is 14.0 Å². The molecular weight excluding hydrogens is 303 g/mol. The van der Waals surface area contributed by atoms with Gasteiger partial charge in [-0.3, -0.25) is 9.59 Å². The van der Waals surface area contributed by atoms with Gasteiger partial charge in [0.25, 0.3) is 0 Å². The maximum atomic E-state index is 13.0. The van der Waals surface area contributed by atoms with Gasteiger partial charge >= 0.3 is 0 Å². The van der Waals surface area contributed by atoms with Crippen LogP contribution in [-0.4, -0.2) is 16.7 Å². The van der Waals surface area contributed by atoms with Crippen LogP contribution in [0.5, 0.6) is 0 Å². The number of Topliss-reactive ketones (excluding diaryl/α,β-unsaturated/α-hetero) is 1. The van der Waals surface area contributed by atoms with Crippen LogP contribution >= 0.6 is 11.3 Å². The van der Waals surface area contributed by atoms with Crippen molar-refractivity contribution in [2.45, 2.75) is 32.1 Å². The van der Waals surface area contributed by atoms with Crippen molar-refractivity contribution in [3.63, 3.8) is 0 Å². The lowest BCUT2D eigenvalue weighted by molar-refractivity contribution is -0.118. The van der Waals surface area contributed by atoms with Gasteiger partial charge in [-0.25, -0.2) is 9.37 Å². The third-order valence-corrected chi connectivity index (χ3v) is 5.09. The summed E-state index contributed by atoms with van der Waals surface area (Å²) in [4.78, 5) is 28.8.